The molecule has 28 heavy (non-hydrogen) atoms. The Morgan fingerprint density at radius 3 is 2.75 bits per heavy atom. The number of halogens is 1. The van der Waals surface area contributed by atoms with Crippen LogP contribution in [-0.4, -0.2) is 43.2 Å². The molecule has 0 amide bonds. The van der Waals surface area contributed by atoms with Crippen molar-refractivity contribution in [3.05, 3.63) is 52.0 Å². The van der Waals surface area contributed by atoms with Crippen LogP contribution in [0.4, 0.5) is 5.82 Å². The van der Waals surface area contributed by atoms with Crippen LogP contribution in [0.15, 0.2) is 41.5 Å². The van der Waals surface area contributed by atoms with Gasteiger partial charge in [-0.2, -0.15) is 0 Å². The summed E-state index contributed by atoms with van der Waals surface area (Å²) in [5, 5.41) is 19.4. The van der Waals surface area contributed by atoms with Crippen molar-refractivity contribution in [1.82, 2.24) is 14.0 Å². The van der Waals surface area contributed by atoms with Crippen LogP contribution in [0.25, 0.3) is 16.9 Å². The van der Waals surface area contributed by atoms with E-state index < -0.39 is 5.97 Å². The molecule has 0 saturated carbocycles. The number of aryl methyl sites for hydroxylation is 1. The van der Waals surface area contributed by atoms with Gasteiger partial charge in [-0.05, 0) is 30.7 Å². The Morgan fingerprint density at radius 1 is 1.36 bits per heavy atom. The number of aromatic nitrogens is 3. The Labute approximate surface area is 164 Å². The predicted molar refractivity (Wildman–Crippen MR) is 105 cm³/mol. The summed E-state index contributed by atoms with van der Waals surface area (Å²) in [4.78, 5) is 36.1. The van der Waals surface area contributed by atoms with Crippen LogP contribution in [0.5, 0.6) is 0 Å². The van der Waals surface area contributed by atoms with Crippen LogP contribution < -0.4 is 10.9 Å². The van der Waals surface area contributed by atoms with E-state index in [1.165, 1.54) is 4.57 Å². The van der Waals surface area contributed by atoms with E-state index in [1.807, 2.05) is 0 Å². The van der Waals surface area contributed by atoms with Gasteiger partial charge in [0, 0.05) is 32.4 Å². The van der Waals surface area contributed by atoms with Gasteiger partial charge >= 0.3 is 5.97 Å². The summed E-state index contributed by atoms with van der Waals surface area (Å²) < 4.78 is 3.26. The number of carboxylic acids is 1. The van der Waals surface area contributed by atoms with Gasteiger partial charge in [0.15, 0.2) is 0 Å². The van der Waals surface area contributed by atoms with E-state index in [9.17, 15) is 9.59 Å². The maximum Gasteiger partial charge on any atom is 0.303 e. The van der Waals surface area contributed by atoms with E-state index >= 15 is 0 Å². The molecule has 0 fully saturated rings. The standard InChI is InChI=1S/C17H17ClN4O3.CH2O2/c1-21-9-3-4-12(17(21)25)15-16(19-8-2-5-14(23)24)22-10-11(18)6-7-13(22)20-15;2-1-3/h3-4,6-7,9-10,19H,2,5,8H2,1H3,(H,23,24);1H,(H,2,3). The van der Waals surface area contributed by atoms with Crippen molar-refractivity contribution in [2.45, 2.75) is 12.8 Å². The molecule has 0 spiro atoms. The minimum absolute atomic E-state index is 0.0624. The largest absolute Gasteiger partial charge is 0.483 e. The second-order valence-electron chi connectivity index (χ2n) is 5.75. The fourth-order valence-electron chi connectivity index (χ4n) is 2.60. The van der Waals surface area contributed by atoms with Crippen molar-refractivity contribution in [2.75, 3.05) is 11.9 Å². The maximum absolute atomic E-state index is 12.5. The molecule has 9 nitrogen and oxygen atoms in total. The Balaban J connectivity index is 0.000000878. The molecule has 3 heterocycles. The number of aliphatic carboxylic acids is 1. The lowest BCUT2D eigenvalue weighted by Gasteiger charge is -2.09. The summed E-state index contributed by atoms with van der Waals surface area (Å²) in [5.41, 5.74) is 1.46. The minimum Gasteiger partial charge on any atom is -0.483 e. The number of hydrogen-bond acceptors (Lipinski definition) is 5. The number of rotatable bonds is 6. The second-order valence-corrected chi connectivity index (χ2v) is 6.19. The van der Waals surface area contributed by atoms with Crippen LogP contribution in [-0.2, 0) is 16.6 Å². The molecule has 0 aliphatic heterocycles. The topological polar surface area (TPSA) is 126 Å². The molecule has 10 heteroatoms. The Morgan fingerprint density at radius 2 is 2.07 bits per heavy atom. The van der Waals surface area contributed by atoms with Gasteiger partial charge in [0.1, 0.15) is 17.2 Å². The molecular formula is C18H19ClN4O5. The van der Waals surface area contributed by atoms with Crippen molar-refractivity contribution in [2.24, 2.45) is 7.05 Å². The summed E-state index contributed by atoms with van der Waals surface area (Å²) in [5.74, 6) is -0.230. The molecule has 3 N–H and O–H groups in total. The van der Waals surface area contributed by atoms with Gasteiger partial charge in [-0.1, -0.05) is 11.6 Å². The van der Waals surface area contributed by atoms with Crippen molar-refractivity contribution in [3.63, 3.8) is 0 Å². The van der Waals surface area contributed by atoms with Gasteiger partial charge < -0.3 is 20.1 Å². The average molecular weight is 407 g/mol. The van der Waals surface area contributed by atoms with Crippen molar-refractivity contribution in [3.8, 4) is 11.3 Å². The number of nitrogens with one attached hydrogen (secondary N) is 1. The molecular weight excluding hydrogens is 388 g/mol. The van der Waals surface area contributed by atoms with Crippen LogP contribution in [0.3, 0.4) is 0 Å². The van der Waals surface area contributed by atoms with E-state index in [0.717, 1.165) is 0 Å². The van der Waals surface area contributed by atoms with Crippen LogP contribution >= 0.6 is 11.6 Å². The van der Waals surface area contributed by atoms with Crippen LogP contribution in [0.2, 0.25) is 5.02 Å². The fraction of sp³-hybridized carbons (Fsp3) is 0.222. The first kappa shape index (κ1) is 21.0. The SMILES string of the molecule is Cn1cccc(-c2nc3ccc(Cl)cn3c2NCCCC(=O)O)c1=O.O=CO. The van der Waals surface area contributed by atoms with Crippen LogP contribution in [0, 0.1) is 0 Å². The molecule has 3 aromatic heterocycles. The highest BCUT2D eigenvalue weighted by molar-refractivity contribution is 6.30. The van der Waals surface area contributed by atoms with Gasteiger partial charge in [0.05, 0.1) is 10.6 Å². The first-order valence-electron chi connectivity index (χ1n) is 8.26. The fourth-order valence-corrected chi connectivity index (χ4v) is 2.76. The van der Waals surface area contributed by atoms with Gasteiger partial charge in [0.25, 0.3) is 12.0 Å². The number of pyridine rings is 2. The number of carboxylic acid groups (broad SMARTS) is 2. The Bertz CT molecular complexity index is 1040. The Hall–Kier alpha value is -3.33. The molecule has 148 valence electrons. The summed E-state index contributed by atoms with van der Waals surface area (Å²) in [6, 6.07) is 6.99. The van der Waals surface area contributed by atoms with Gasteiger partial charge in [0.2, 0.25) is 0 Å². The number of hydrogen-bond donors (Lipinski definition) is 3. The highest BCUT2D eigenvalue weighted by atomic mass is 35.5. The molecule has 0 bridgehead atoms. The highest BCUT2D eigenvalue weighted by Gasteiger charge is 2.17. The lowest BCUT2D eigenvalue weighted by Crippen LogP contribution is -2.18. The molecule has 3 aromatic rings. The third kappa shape index (κ3) is 4.89. The first-order chi connectivity index (χ1) is 13.4. The lowest BCUT2D eigenvalue weighted by atomic mass is 10.2. The van der Waals surface area contributed by atoms with Gasteiger partial charge in [-0.25, -0.2) is 4.98 Å². The zero-order valence-corrected chi connectivity index (χ0v) is 15.8. The van der Waals surface area contributed by atoms with Crippen molar-refractivity contribution in [1.29, 1.82) is 0 Å². The molecule has 0 aromatic carbocycles. The Kier molecular flexibility index (Phi) is 7.16. The summed E-state index contributed by atoms with van der Waals surface area (Å²) in [6.45, 7) is 0.187. The zero-order valence-electron chi connectivity index (χ0n) is 15.0. The maximum atomic E-state index is 12.5. The quantitative estimate of drug-likeness (QED) is 0.423. The zero-order chi connectivity index (χ0) is 20.7. The average Bonchev–Trinajstić information content (AvgIpc) is 2.99. The smallest absolute Gasteiger partial charge is 0.303 e. The molecule has 0 radical (unpaired) electrons. The normalized spacial score (nSPS) is 10.2. The van der Waals surface area contributed by atoms with Gasteiger partial charge in [-0.3, -0.25) is 18.8 Å². The summed E-state index contributed by atoms with van der Waals surface area (Å²) in [6.07, 6.45) is 3.90. The third-order valence-corrected chi connectivity index (χ3v) is 4.04. The third-order valence-electron chi connectivity index (χ3n) is 3.82. The number of fused-ring (bicyclic) bond motifs is 1. The van der Waals surface area contributed by atoms with Crippen molar-refractivity contribution < 1.29 is 19.8 Å². The van der Waals surface area contributed by atoms with E-state index in [0.29, 0.717) is 40.7 Å². The molecule has 0 unspecified atom stereocenters. The molecule has 0 saturated heterocycles. The molecule has 0 aliphatic rings. The minimum atomic E-state index is -0.847. The highest BCUT2D eigenvalue weighted by Crippen LogP contribution is 2.28. The van der Waals surface area contributed by atoms with E-state index in [-0.39, 0.29) is 18.5 Å². The van der Waals surface area contributed by atoms with Gasteiger partial charge in [-0.15, -0.1) is 0 Å². The first-order valence-corrected chi connectivity index (χ1v) is 8.64. The van der Waals surface area contributed by atoms with E-state index in [2.05, 4.69) is 10.3 Å². The second kappa shape index (κ2) is 9.56. The summed E-state index contributed by atoms with van der Waals surface area (Å²) in [7, 11) is 1.68. The van der Waals surface area contributed by atoms with Crippen molar-refractivity contribution >= 4 is 35.5 Å². The monoisotopic (exact) mass is 406 g/mol. The molecule has 0 aliphatic carbocycles. The molecule has 3 rings (SSSR count). The number of anilines is 1. The lowest BCUT2D eigenvalue weighted by molar-refractivity contribution is -0.137. The number of carbonyl (C=O) groups is 2. The van der Waals surface area contributed by atoms with E-state index in [1.54, 1.807) is 48.1 Å². The number of imidazole rings is 1. The number of nitrogens with zero attached hydrogens (tertiary/aromatic N) is 3. The van der Waals surface area contributed by atoms with Crippen LogP contribution in [0.1, 0.15) is 12.8 Å². The predicted octanol–water partition coefficient (Wildman–Crippen LogP) is 2.33. The van der Waals surface area contributed by atoms with E-state index in [4.69, 9.17) is 26.6 Å². The molecule has 0 atom stereocenters. The summed E-state index contributed by atoms with van der Waals surface area (Å²) >= 11 is 6.09.